The Morgan fingerprint density at radius 1 is 1.07 bits per heavy atom. The van der Waals surface area contributed by atoms with Gasteiger partial charge in [0.05, 0.1) is 0 Å². The number of benzene rings is 2. The molecule has 142 valence electrons. The van der Waals surface area contributed by atoms with Crippen LogP contribution in [-0.2, 0) is 9.53 Å². The summed E-state index contributed by atoms with van der Waals surface area (Å²) in [4.78, 5) is 15.9. The minimum atomic E-state index is -0.440. The van der Waals surface area contributed by atoms with Gasteiger partial charge in [0.1, 0.15) is 30.0 Å². The smallest absolute Gasteiger partial charge is 0.246 e. The van der Waals surface area contributed by atoms with E-state index in [1.54, 1.807) is 24.4 Å². The molecule has 1 aromatic heterocycles. The summed E-state index contributed by atoms with van der Waals surface area (Å²) in [6, 6.07) is 19.4. The Bertz CT molecular complexity index is 938. The van der Waals surface area contributed by atoms with Crippen LogP contribution in [0.2, 0.25) is 0 Å². The summed E-state index contributed by atoms with van der Waals surface area (Å²) in [6.07, 6.45) is 0.881. The highest BCUT2D eigenvalue weighted by atomic mass is 19.1. The number of amides is 1. The number of morpholine rings is 1. The van der Waals surface area contributed by atoms with Crippen LogP contribution >= 0.6 is 0 Å². The molecule has 3 aromatic rings. The van der Waals surface area contributed by atoms with Crippen LogP contribution in [0.4, 0.5) is 4.39 Å². The van der Waals surface area contributed by atoms with Crippen LogP contribution in [0.1, 0.15) is 11.7 Å². The first-order valence-corrected chi connectivity index (χ1v) is 9.01. The highest BCUT2D eigenvalue weighted by Crippen LogP contribution is 2.33. The molecule has 1 N–H and O–H groups in total. The van der Waals surface area contributed by atoms with Gasteiger partial charge in [0.25, 0.3) is 0 Å². The number of carbonyl (C=O) groups excluding carboxylic acids is 1. The van der Waals surface area contributed by atoms with E-state index < -0.39 is 6.10 Å². The maximum atomic E-state index is 13.3. The van der Waals surface area contributed by atoms with Crippen molar-refractivity contribution >= 4 is 5.91 Å². The minimum Gasteiger partial charge on any atom is -0.481 e. The topological polar surface area (TPSA) is 60.5 Å². The molecule has 1 saturated heterocycles. The van der Waals surface area contributed by atoms with E-state index in [0.29, 0.717) is 18.0 Å². The van der Waals surface area contributed by atoms with Gasteiger partial charge in [-0.1, -0.05) is 30.3 Å². The number of aromatic nitrogens is 1. The summed E-state index contributed by atoms with van der Waals surface area (Å²) in [5.41, 5.74) is 2.29. The SMILES string of the molecule is O=C1CO[C@H]([C@@H](Oc2cccnc2-c2ccc(F)cc2)c2ccccc2)CN1. The normalized spacial score (nSPS) is 17.6. The van der Waals surface area contributed by atoms with E-state index in [2.05, 4.69) is 10.3 Å². The summed E-state index contributed by atoms with van der Waals surface area (Å²) in [5.74, 6) is 0.107. The van der Waals surface area contributed by atoms with E-state index in [1.165, 1.54) is 12.1 Å². The Morgan fingerprint density at radius 2 is 1.86 bits per heavy atom. The Kier molecular flexibility index (Phi) is 5.30. The molecule has 28 heavy (non-hydrogen) atoms. The zero-order valence-corrected chi connectivity index (χ0v) is 15.0. The average Bonchev–Trinajstić information content (AvgIpc) is 2.74. The summed E-state index contributed by atoms with van der Waals surface area (Å²) in [7, 11) is 0. The standard InChI is InChI=1S/C22H19FN2O3/c23-17-10-8-15(9-11-17)21-18(7-4-12-24-21)28-22(16-5-2-1-3-6-16)19-13-25-20(26)14-27-19/h1-12,19,22H,13-14H2,(H,25,26)/t19-,22-/m0/s1. The van der Waals surface area contributed by atoms with E-state index >= 15 is 0 Å². The third-order valence-electron chi connectivity index (χ3n) is 4.54. The molecule has 0 aliphatic carbocycles. The van der Waals surface area contributed by atoms with Gasteiger partial charge in [0.15, 0.2) is 6.10 Å². The fraction of sp³-hybridized carbons (Fsp3) is 0.182. The van der Waals surface area contributed by atoms with Crippen molar-refractivity contribution in [2.45, 2.75) is 12.2 Å². The molecular weight excluding hydrogens is 359 g/mol. The monoisotopic (exact) mass is 378 g/mol. The van der Waals surface area contributed by atoms with Crippen molar-refractivity contribution in [1.29, 1.82) is 0 Å². The fourth-order valence-electron chi connectivity index (χ4n) is 3.15. The molecule has 4 rings (SSSR count). The van der Waals surface area contributed by atoms with Crippen molar-refractivity contribution in [3.8, 4) is 17.0 Å². The van der Waals surface area contributed by atoms with Crippen molar-refractivity contribution in [2.24, 2.45) is 0 Å². The molecule has 0 radical (unpaired) electrons. The van der Waals surface area contributed by atoms with Crippen LogP contribution in [0.25, 0.3) is 11.3 Å². The second kappa shape index (κ2) is 8.19. The van der Waals surface area contributed by atoms with Crippen molar-refractivity contribution < 1.29 is 18.7 Å². The zero-order valence-electron chi connectivity index (χ0n) is 15.0. The van der Waals surface area contributed by atoms with Gasteiger partial charge in [-0.15, -0.1) is 0 Å². The van der Waals surface area contributed by atoms with Crippen molar-refractivity contribution in [1.82, 2.24) is 10.3 Å². The number of halogens is 1. The van der Waals surface area contributed by atoms with Gasteiger partial charge in [-0.2, -0.15) is 0 Å². The van der Waals surface area contributed by atoms with Crippen molar-refractivity contribution in [2.75, 3.05) is 13.2 Å². The van der Waals surface area contributed by atoms with Gasteiger partial charge in [0, 0.05) is 18.3 Å². The lowest BCUT2D eigenvalue weighted by atomic mass is 10.0. The quantitative estimate of drug-likeness (QED) is 0.738. The summed E-state index contributed by atoms with van der Waals surface area (Å²) < 4.78 is 25.4. The molecule has 2 atom stereocenters. The van der Waals surface area contributed by atoms with Crippen LogP contribution in [0.5, 0.6) is 5.75 Å². The predicted molar refractivity (Wildman–Crippen MR) is 102 cm³/mol. The molecule has 2 aromatic carbocycles. The number of nitrogens with one attached hydrogen (secondary N) is 1. The van der Waals surface area contributed by atoms with E-state index in [1.807, 2.05) is 36.4 Å². The summed E-state index contributed by atoms with van der Waals surface area (Å²) in [5, 5.41) is 2.82. The Balaban J connectivity index is 1.67. The number of hydrogen-bond acceptors (Lipinski definition) is 4. The second-order valence-electron chi connectivity index (χ2n) is 6.46. The van der Waals surface area contributed by atoms with Crippen LogP contribution in [0.3, 0.4) is 0 Å². The Morgan fingerprint density at radius 3 is 2.57 bits per heavy atom. The number of nitrogens with zero attached hydrogens (tertiary/aromatic N) is 1. The van der Waals surface area contributed by atoms with E-state index in [4.69, 9.17) is 9.47 Å². The first-order chi connectivity index (χ1) is 13.7. The van der Waals surface area contributed by atoms with Gasteiger partial charge < -0.3 is 14.8 Å². The van der Waals surface area contributed by atoms with Crippen molar-refractivity contribution in [3.05, 3.63) is 84.3 Å². The van der Waals surface area contributed by atoms with Gasteiger partial charge in [-0.3, -0.25) is 9.78 Å². The average molecular weight is 378 g/mol. The molecule has 0 saturated carbocycles. The summed E-state index contributed by atoms with van der Waals surface area (Å²) in [6.45, 7) is 0.347. The Labute approximate surface area is 162 Å². The number of hydrogen-bond donors (Lipinski definition) is 1. The number of ether oxygens (including phenoxy) is 2. The molecule has 1 aliphatic rings. The lowest BCUT2D eigenvalue weighted by molar-refractivity contribution is -0.137. The molecule has 6 heteroatoms. The summed E-state index contributed by atoms with van der Waals surface area (Å²) >= 11 is 0. The van der Waals surface area contributed by atoms with Crippen LogP contribution in [0.15, 0.2) is 72.9 Å². The van der Waals surface area contributed by atoms with E-state index in [-0.39, 0.29) is 24.4 Å². The Hall–Kier alpha value is -3.25. The number of carbonyl (C=O) groups is 1. The van der Waals surface area contributed by atoms with Crippen LogP contribution in [0, 0.1) is 5.82 Å². The highest BCUT2D eigenvalue weighted by molar-refractivity contribution is 5.77. The maximum absolute atomic E-state index is 13.3. The highest BCUT2D eigenvalue weighted by Gasteiger charge is 2.30. The first kappa shape index (κ1) is 18.1. The molecule has 1 aliphatic heterocycles. The van der Waals surface area contributed by atoms with Crippen LogP contribution < -0.4 is 10.1 Å². The molecule has 0 unspecified atom stereocenters. The lowest BCUT2D eigenvalue weighted by Gasteiger charge is -2.31. The van der Waals surface area contributed by atoms with Gasteiger partial charge >= 0.3 is 0 Å². The minimum absolute atomic E-state index is 0.00474. The van der Waals surface area contributed by atoms with Gasteiger partial charge in [-0.05, 0) is 42.0 Å². The molecule has 2 heterocycles. The van der Waals surface area contributed by atoms with E-state index in [9.17, 15) is 9.18 Å². The third-order valence-corrected chi connectivity index (χ3v) is 4.54. The number of pyridine rings is 1. The number of rotatable bonds is 5. The molecular formula is C22H19FN2O3. The van der Waals surface area contributed by atoms with Crippen molar-refractivity contribution in [3.63, 3.8) is 0 Å². The van der Waals surface area contributed by atoms with Gasteiger partial charge in [-0.25, -0.2) is 4.39 Å². The van der Waals surface area contributed by atoms with Gasteiger partial charge in [0.2, 0.25) is 5.91 Å². The fourth-order valence-corrected chi connectivity index (χ4v) is 3.15. The predicted octanol–water partition coefficient (Wildman–Crippen LogP) is 3.52. The lowest BCUT2D eigenvalue weighted by Crippen LogP contribution is -2.46. The molecule has 5 nitrogen and oxygen atoms in total. The molecule has 1 fully saturated rings. The third kappa shape index (κ3) is 4.02. The first-order valence-electron chi connectivity index (χ1n) is 9.01. The van der Waals surface area contributed by atoms with E-state index in [0.717, 1.165) is 11.1 Å². The van der Waals surface area contributed by atoms with Crippen LogP contribution in [-0.4, -0.2) is 30.1 Å². The molecule has 1 amide bonds. The zero-order chi connectivity index (χ0) is 19.3. The molecule has 0 bridgehead atoms. The molecule has 0 spiro atoms. The largest absolute Gasteiger partial charge is 0.481 e. The maximum Gasteiger partial charge on any atom is 0.246 e. The second-order valence-corrected chi connectivity index (χ2v) is 6.46.